The van der Waals surface area contributed by atoms with Crippen LogP contribution in [0.15, 0.2) is 24.4 Å². The first-order valence-electron chi connectivity index (χ1n) is 11.8. The molecular formula is C23H31N5O5Si. The van der Waals surface area contributed by atoms with Crippen molar-refractivity contribution in [3.8, 4) is 0 Å². The number of aliphatic hydroxyl groups excluding tert-OH is 1. The lowest BCUT2D eigenvalue weighted by atomic mass is 9.82. The summed E-state index contributed by atoms with van der Waals surface area (Å²) in [5, 5.41) is 20.3. The molecule has 0 bridgehead atoms. The van der Waals surface area contributed by atoms with Crippen LogP contribution in [0, 0.1) is 5.92 Å². The average Bonchev–Trinajstić information content (AvgIpc) is 3.41. The van der Waals surface area contributed by atoms with Crippen molar-refractivity contribution >= 4 is 31.5 Å². The first kappa shape index (κ1) is 23.2. The second-order valence-corrected chi connectivity index (χ2v) is 14.0. The van der Waals surface area contributed by atoms with Crippen molar-refractivity contribution in [2.45, 2.75) is 63.1 Å². The molecular weight excluding hydrogens is 454 g/mol. The lowest BCUT2D eigenvalue weighted by Crippen LogP contribution is -2.44. The number of carbonyl (C=O) groups excluding carboxylic acids is 2. The predicted molar refractivity (Wildman–Crippen MR) is 127 cm³/mol. The minimum atomic E-state index is -2.73. The third-order valence-electron chi connectivity index (χ3n) is 7.48. The number of amides is 2. The van der Waals surface area contributed by atoms with Crippen molar-refractivity contribution in [2.75, 3.05) is 23.4 Å². The summed E-state index contributed by atoms with van der Waals surface area (Å²) in [4.78, 5) is 38.4. The third-order valence-corrected chi connectivity index (χ3v) is 9.98. The number of aromatic nitrogens is 3. The van der Waals surface area contributed by atoms with Gasteiger partial charge in [0.1, 0.15) is 0 Å². The molecule has 182 valence electrons. The smallest absolute Gasteiger partial charge is 0.261 e. The van der Waals surface area contributed by atoms with Crippen LogP contribution in [0.2, 0.25) is 18.6 Å². The SMILES string of the molecule is C[C@@H]1[C@@H]([Si](C)(C)O)[C@H](CCn2cc(CCO)nn2)O[C@@]12C(=O)Nc1ccc(N3CCC3=O)cc12. The molecule has 0 radical (unpaired) electrons. The largest absolute Gasteiger partial charge is 0.432 e. The Balaban J connectivity index is 1.47. The maximum atomic E-state index is 13.4. The number of rotatable bonds is 7. The number of aryl methyl sites for hydroxylation is 1. The van der Waals surface area contributed by atoms with Crippen LogP contribution >= 0.6 is 0 Å². The molecule has 1 aromatic carbocycles. The van der Waals surface area contributed by atoms with E-state index in [1.807, 2.05) is 38.2 Å². The number of benzene rings is 1. The molecule has 4 heterocycles. The minimum Gasteiger partial charge on any atom is -0.432 e. The summed E-state index contributed by atoms with van der Waals surface area (Å²) in [6, 6.07) is 5.58. The Kier molecular flexibility index (Phi) is 5.62. The molecule has 10 nitrogen and oxygen atoms in total. The van der Waals surface area contributed by atoms with Crippen LogP contribution in [0.1, 0.15) is 31.0 Å². The zero-order valence-corrected chi connectivity index (χ0v) is 20.7. The first-order valence-corrected chi connectivity index (χ1v) is 14.8. The molecule has 4 atom stereocenters. The van der Waals surface area contributed by atoms with Crippen LogP contribution in [-0.2, 0) is 32.9 Å². The van der Waals surface area contributed by atoms with Crippen LogP contribution in [0.4, 0.5) is 11.4 Å². The zero-order valence-electron chi connectivity index (χ0n) is 19.7. The molecule has 2 amide bonds. The Bertz CT molecular complexity index is 1130. The Morgan fingerprint density at radius 2 is 2.12 bits per heavy atom. The molecule has 2 saturated heterocycles. The van der Waals surface area contributed by atoms with E-state index in [0.717, 1.165) is 11.3 Å². The molecule has 2 fully saturated rings. The molecule has 5 rings (SSSR count). The van der Waals surface area contributed by atoms with Gasteiger partial charge in [-0.25, -0.2) is 0 Å². The van der Waals surface area contributed by atoms with Gasteiger partial charge in [0, 0.05) is 67.1 Å². The number of β-lactam (4-membered cyclic amide) rings is 1. The fourth-order valence-corrected chi connectivity index (χ4v) is 8.45. The fraction of sp³-hybridized carbons (Fsp3) is 0.565. The summed E-state index contributed by atoms with van der Waals surface area (Å²) in [5.41, 5.74) is 1.51. The molecule has 0 unspecified atom stereocenters. The highest BCUT2D eigenvalue weighted by molar-refractivity contribution is 6.71. The van der Waals surface area contributed by atoms with Crippen molar-refractivity contribution < 1.29 is 24.2 Å². The average molecular weight is 486 g/mol. The quantitative estimate of drug-likeness (QED) is 0.399. The number of carbonyl (C=O) groups is 2. The second kappa shape index (κ2) is 8.26. The van der Waals surface area contributed by atoms with E-state index in [2.05, 4.69) is 15.6 Å². The van der Waals surface area contributed by atoms with Gasteiger partial charge in [-0.15, -0.1) is 5.10 Å². The number of nitrogens with one attached hydrogen (secondary N) is 1. The molecule has 11 heteroatoms. The lowest BCUT2D eigenvalue weighted by molar-refractivity contribution is -0.143. The van der Waals surface area contributed by atoms with E-state index in [1.165, 1.54) is 0 Å². The van der Waals surface area contributed by atoms with Crippen molar-refractivity contribution in [1.29, 1.82) is 0 Å². The molecule has 3 aliphatic heterocycles. The normalized spacial score (nSPS) is 28.4. The molecule has 1 aromatic heterocycles. The Hall–Kier alpha value is -2.60. The summed E-state index contributed by atoms with van der Waals surface area (Å²) < 4.78 is 8.36. The molecule has 0 saturated carbocycles. The first-order chi connectivity index (χ1) is 16.1. The Morgan fingerprint density at radius 3 is 2.76 bits per heavy atom. The lowest BCUT2D eigenvalue weighted by Gasteiger charge is -2.33. The zero-order chi connectivity index (χ0) is 24.3. The van der Waals surface area contributed by atoms with Gasteiger partial charge >= 0.3 is 0 Å². The highest BCUT2D eigenvalue weighted by atomic mass is 28.4. The maximum Gasteiger partial charge on any atom is 0.261 e. The monoisotopic (exact) mass is 485 g/mol. The summed E-state index contributed by atoms with van der Waals surface area (Å²) in [5.74, 6) is -0.410. The number of nitrogens with zero attached hydrogens (tertiary/aromatic N) is 4. The molecule has 3 aliphatic rings. The van der Waals surface area contributed by atoms with E-state index in [-0.39, 0.29) is 36.0 Å². The van der Waals surface area contributed by atoms with Gasteiger partial charge < -0.3 is 24.9 Å². The number of anilines is 2. The molecule has 0 aliphatic carbocycles. The van der Waals surface area contributed by atoms with Crippen molar-refractivity contribution in [2.24, 2.45) is 5.92 Å². The molecule has 3 N–H and O–H groups in total. The summed E-state index contributed by atoms with van der Waals surface area (Å²) in [7, 11) is -2.73. The second-order valence-electron chi connectivity index (χ2n) is 10.1. The van der Waals surface area contributed by atoms with Crippen molar-refractivity contribution in [3.63, 3.8) is 0 Å². The number of fused-ring (bicyclic) bond motifs is 2. The highest BCUT2D eigenvalue weighted by Crippen LogP contribution is 2.58. The fourth-order valence-electron chi connectivity index (χ4n) is 5.85. The van der Waals surface area contributed by atoms with E-state index in [1.54, 1.807) is 15.8 Å². The number of ether oxygens (including phenoxy) is 1. The van der Waals surface area contributed by atoms with Gasteiger partial charge in [-0.3, -0.25) is 14.3 Å². The molecule has 2 aromatic rings. The topological polar surface area (TPSA) is 130 Å². The Morgan fingerprint density at radius 1 is 1.32 bits per heavy atom. The standard InChI is InChI=1S/C23H31N5O5Si/c1-14-21(34(2,3)32)19(6-9-27-13-15(8-11-29)25-26-27)33-23(14)17-12-16(28-10-7-20(28)30)4-5-18(17)24-22(23)31/h4-5,12-14,19,21,29,32H,6-11H2,1-3H3,(H,24,31)/t14-,19+,21-,23+/m1/s1. The van der Waals surface area contributed by atoms with E-state index in [4.69, 9.17) is 9.84 Å². The summed E-state index contributed by atoms with van der Waals surface area (Å²) >= 11 is 0. The van der Waals surface area contributed by atoms with Crippen LogP contribution in [0.5, 0.6) is 0 Å². The summed E-state index contributed by atoms with van der Waals surface area (Å²) in [6.07, 6.45) is 2.98. The van der Waals surface area contributed by atoms with Gasteiger partial charge in [-0.05, 0) is 37.7 Å². The van der Waals surface area contributed by atoms with E-state index >= 15 is 0 Å². The van der Waals surface area contributed by atoms with Crippen LogP contribution in [-0.4, -0.2) is 64.3 Å². The third kappa shape index (κ3) is 3.58. The Labute approximate surface area is 199 Å². The van der Waals surface area contributed by atoms with E-state index in [0.29, 0.717) is 43.7 Å². The van der Waals surface area contributed by atoms with Crippen LogP contribution < -0.4 is 10.2 Å². The maximum absolute atomic E-state index is 13.4. The van der Waals surface area contributed by atoms with Gasteiger partial charge in [-0.2, -0.15) is 0 Å². The van der Waals surface area contributed by atoms with Gasteiger partial charge in [-0.1, -0.05) is 12.1 Å². The molecule has 1 spiro atoms. The minimum absolute atomic E-state index is 0.0103. The number of hydrogen-bond acceptors (Lipinski definition) is 7. The van der Waals surface area contributed by atoms with Gasteiger partial charge in [0.05, 0.1) is 11.8 Å². The van der Waals surface area contributed by atoms with Crippen LogP contribution in [0.25, 0.3) is 0 Å². The molecule has 34 heavy (non-hydrogen) atoms. The number of aliphatic hydroxyl groups is 1. The van der Waals surface area contributed by atoms with Crippen molar-refractivity contribution in [3.05, 3.63) is 35.7 Å². The van der Waals surface area contributed by atoms with Gasteiger partial charge in [0.25, 0.3) is 5.91 Å². The summed E-state index contributed by atoms with van der Waals surface area (Å²) in [6.45, 7) is 6.96. The van der Waals surface area contributed by atoms with Crippen LogP contribution in [0.3, 0.4) is 0 Å². The van der Waals surface area contributed by atoms with E-state index < -0.39 is 13.9 Å². The predicted octanol–water partition coefficient (Wildman–Crippen LogP) is 1.39. The van der Waals surface area contributed by atoms with E-state index in [9.17, 15) is 14.4 Å². The van der Waals surface area contributed by atoms with Gasteiger partial charge in [0.2, 0.25) is 5.91 Å². The highest BCUT2D eigenvalue weighted by Gasteiger charge is 2.64. The van der Waals surface area contributed by atoms with Crippen molar-refractivity contribution in [1.82, 2.24) is 15.0 Å². The van der Waals surface area contributed by atoms with Gasteiger partial charge in [0.15, 0.2) is 13.9 Å². The number of hydrogen-bond donors (Lipinski definition) is 3.